The second-order valence-corrected chi connectivity index (χ2v) is 6.85. The van der Waals surface area contributed by atoms with E-state index in [1.807, 2.05) is 11.0 Å². The number of hydrogen-bond donors (Lipinski definition) is 2. The number of H-pyrrole nitrogens is 1. The second kappa shape index (κ2) is 10.1. The van der Waals surface area contributed by atoms with Gasteiger partial charge in [0.05, 0.1) is 24.1 Å². The number of nitriles is 1. The Morgan fingerprint density at radius 3 is 2.62 bits per heavy atom. The number of amides is 1. The third kappa shape index (κ3) is 5.73. The van der Waals surface area contributed by atoms with Gasteiger partial charge in [-0.05, 0) is 12.1 Å². The number of aromatic amines is 1. The van der Waals surface area contributed by atoms with E-state index in [4.69, 9.17) is 10.00 Å². The molecule has 2 aromatic heterocycles. The van der Waals surface area contributed by atoms with Crippen LogP contribution in [-0.4, -0.2) is 71.9 Å². The molecule has 13 heteroatoms. The molecular weight excluding hydrogens is 431 g/mol. The lowest BCUT2D eigenvalue weighted by Gasteiger charge is -2.35. The van der Waals surface area contributed by atoms with E-state index in [0.717, 1.165) is 12.0 Å². The highest BCUT2D eigenvalue weighted by Crippen LogP contribution is 2.31. The second-order valence-electron chi connectivity index (χ2n) is 6.85. The number of alkyl halides is 3. The normalized spacial score (nSPS) is 14.2. The van der Waals surface area contributed by atoms with Crippen LogP contribution in [0.4, 0.5) is 24.7 Å². The molecule has 0 unspecified atom stereocenters. The van der Waals surface area contributed by atoms with Gasteiger partial charge < -0.3 is 19.9 Å². The molecule has 0 aliphatic carbocycles. The van der Waals surface area contributed by atoms with Gasteiger partial charge >= 0.3 is 6.18 Å². The minimum absolute atomic E-state index is 0.0367. The molecule has 3 rings (SSSR count). The van der Waals surface area contributed by atoms with Crippen molar-refractivity contribution < 1.29 is 22.7 Å². The van der Waals surface area contributed by atoms with Crippen LogP contribution in [0.15, 0.2) is 29.3 Å². The maximum absolute atomic E-state index is 13.0. The number of nitrogens with zero attached hydrogens (tertiary/aromatic N) is 5. The largest absolute Gasteiger partial charge is 0.423 e. The molecule has 2 N–H and O–H groups in total. The molecule has 0 bridgehead atoms. The van der Waals surface area contributed by atoms with Crippen LogP contribution in [0.1, 0.15) is 11.1 Å². The highest BCUT2D eigenvalue weighted by Gasteiger charge is 2.37. The van der Waals surface area contributed by atoms with Gasteiger partial charge in [-0.1, -0.05) is 0 Å². The molecule has 0 spiro atoms. The Labute approximate surface area is 180 Å². The van der Waals surface area contributed by atoms with Crippen LogP contribution in [0.25, 0.3) is 0 Å². The maximum Gasteiger partial charge on any atom is 0.423 e. The molecule has 170 valence electrons. The highest BCUT2D eigenvalue weighted by molar-refractivity contribution is 5.77. The monoisotopic (exact) mass is 451 g/mol. The number of pyridine rings is 1. The number of nitrogens with one attached hydrogen (secondary N) is 2. The van der Waals surface area contributed by atoms with E-state index in [1.165, 1.54) is 6.20 Å². The van der Waals surface area contributed by atoms with Gasteiger partial charge in [-0.2, -0.15) is 23.5 Å². The molecular formula is C19H20F3N7O3. The minimum Gasteiger partial charge on any atom is -0.381 e. The van der Waals surface area contributed by atoms with Crippen molar-refractivity contribution in [3.63, 3.8) is 0 Å². The van der Waals surface area contributed by atoms with Gasteiger partial charge in [0, 0.05) is 38.9 Å². The first kappa shape index (κ1) is 23.0. The van der Waals surface area contributed by atoms with Crippen LogP contribution in [0.2, 0.25) is 0 Å². The van der Waals surface area contributed by atoms with Crippen molar-refractivity contribution in [2.75, 3.05) is 56.2 Å². The molecule has 1 amide bonds. The van der Waals surface area contributed by atoms with Gasteiger partial charge in [0.2, 0.25) is 5.91 Å². The fraction of sp³-hybridized carbons (Fsp3) is 0.421. The Kier molecular flexibility index (Phi) is 7.26. The third-order valence-corrected chi connectivity index (χ3v) is 4.76. The zero-order chi connectivity index (χ0) is 23.1. The summed E-state index contributed by atoms with van der Waals surface area (Å²) in [4.78, 5) is 31.6. The number of carbonyl (C=O) groups is 1. The van der Waals surface area contributed by atoms with Crippen molar-refractivity contribution in [1.82, 2.24) is 20.1 Å². The first-order chi connectivity index (χ1) is 15.3. The van der Waals surface area contributed by atoms with Crippen molar-refractivity contribution in [3.8, 4) is 6.07 Å². The number of hydrogen-bond acceptors (Lipinski definition) is 8. The van der Waals surface area contributed by atoms with E-state index >= 15 is 0 Å². The zero-order valence-electron chi connectivity index (χ0n) is 16.9. The number of anilines is 2. The maximum atomic E-state index is 13.0. The van der Waals surface area contributed by atoms with Crippen LogP contribution in [0.3, 0.4) is 0 Å². The van der Waals surface area contributed by atoms with Crippen LogP contribution in [0, 0.1) is 11.3 Å². The molecule has 32 heavy (non-hydrogen) atoms. The zero-order valence-corrected chi connectivity index (χ0v) is 16.9. The molecule has 1 saturated heterocycles. The predicted molar refractivity (Wildman–Crippen MR) is 107 cm³/mol. The fourth-order valence-corrected chi connectivity index (χ4v) is 3.15. The van der Waals surface area contributed by atoms with Gasteiger partial charge in [0.1, 0.15) is 24.1 Å². The predicted octanol–water partition coefficient (Wildman–Crippen LogP) is 0.833. The molecule has 1 aliphatic rings. The topological polar surface area (TPSA) is 127 Å². The average molecular weight is 451 g/mol. The van der Waals surface area contributed by atoms with Crippen molar-refractivity contribution in [3.05, 3.63) is 46.0 Å². The van der Waals surface area contributed by atoms with E-state index in [2.05, 4.69) is 15.4 Å². The molecule has 0 aromatic carbocycles. The Hall–Kier alpha value is -3.66. The van der Waals surface area contributed by atoms with Gasteiger partial charge in [-0.3, -0.25) is 9.59 Å². The van der Waals surface area contributed by atoms with Crippen molar-refractivity contribution in [1.29, 1.82) is 5.26 Å². The van der Waals surface area contributed by atoms with Crippen LogP contribution < -0.4 is 15.8 Å². The number of piperazine rings is 1. The number of carbonyl (C=O) groups excluding carboxylic acids is 1. The average Bonchev–Trinajstić information content (AvgIpc) is 2.78. The Bertz CT molecular complexity index is 1030. The highest BCUT2D eigenvalue weighted by atomic mass is 19.4. The van der Waals surface area contributed by atoms with Gasteiger partial charge in [-0.25, -0.2) is 10.1 Å². The van der Waals surface area contributed by atoms with Crippen molar-refractivity contribution in [2.45, 2.75) is 6.18 Å². The number of aromatic nitrogens is 3. The van der Waals surface area contributed by atoms with Crippen LogP contribution in [0.5, 0.6) is 0 Å². The lowest BCUT2D eigenvalue weighted by molar-refractivity contribution is -0.138. The van der Waals surface area contributed by atoms with Crippen molar-refractivity contribution >= 4 is 17.4 Å². The smallest absolute Gasteiger partial charge is 0.381 e. The number of halogens is 3. The molecule has 10 nitrogen and oxygen atoms in total. The fourth-order valence-electron chi connectivity index (χ4n) is 3.15. The molecule has 1 aliphatic heterocycles. The van der Waals surface area contributed by atoms with E-state index in [9.17, 15) is 22.8 Å². The molecule has 2 aromatic rings. The summed E-state index contributed by atoms with van der Waals surface area (Å²) in [5.74, 6) is 0.497. The lowest BCUT2D eigenvalue weighted by Crippen LogP contribution is -2.50. The quantitative estimate of drug-likeness (QED) is 0.593. The Morgan fingerprint density at radius 1 is 1.25 bits per heavy atom. The summed E-state index contributed by atoms with van der Waals surface area (Å²) in [6.07, 6.45) is -2.46. The summed E-state index contributed by atoms with van der Waals surface area (Å²) in [5, 5.41) is 16.4. The van der Waals surface area contributed by atoms with Gasteiger partial charge in [0.25, 0.3) is 5.56 Å². The Morgan fingerprint density at radius 2 is 2.00 bits per heavy atom. The summed E-state index contributed by atoms with van der Waals surface area (Å²) in [6, 6.07) is 5.45. The molecule has 1 fully saturated rings. The summed E-state index contributed by atoms with van der Waals surface area (Å²) in [6.45, 7) is 1.79. The molecule has 0 saturated carbocycles. The van der Waals surface area contributed by atoms with Crippen LogP contribution >= 0.6 is 0 Å². The summed E-state index contributed by atoms with van der Waals surface area (Å²) in [5.41, 5.74) is -2.69. The first-order valence-electron chi connectivity index (χ1n) is 9.65. The van der Waals surface area contributed by atoms with E-state index in [1.54, 1.807) is 22.1 Å². The van der Waals surface area contributed by atoms with Crippen LogP contribution in [-0.2, 0) is 15.7 Å². The SMILES string of the molecule is N#Cc1ccc(N2CCN(C(=O)COCCNc3cn[nH]c(=O)c3C(F)(F)F)CC2)nc1. The van der Waals surface area contributed by atoms with Crippen molar-refractivity contribution in [2.24, 2.45) is 0 Å². The third-order valence-electron chi connectivity index (χ3n) is 4.76. The molecule has 0 radical (unpaired) electrons. The summed E-state index contributed by atoms with van der Waals surface area (Å²) in [7, 11) is 0. The number of rotatable bonds is 7. The Balaban J connectivity index is 1.40. The first-order valence-corrected chi connectivity index (χ1v) is 9.65. The van der Waals surface area contributed by atoms with E-state index in [-0.39, 0.29) is 25.7 Å². The lowest BCUT2D eigenvalue weighted by atomic mass is 10.2. The van der Waals surface area contributed by atoms with Gasteiger partial charge in [0.15, 0.2) is 0 Å². The number of ether oxygens (including phenoxy) is 1. The van der Waals surface area contributed by atoms with E-state index < -0.39 is 23.0 Å². The summed E-state index contributed by atoms with van der Waals surface area (Å²) >= 11 is 0. The van der Waals surface area contributed by atoms with Gasteiger partial charge in [-0.15, -0.1) is 0 Å². The minimum atomic E-state index is -4.83. The van der Waals surface area contributed by atoms with E-state index in [0.29, 0.717) is 31.7 Å². The summed E-state index contributed by atoms with van der Waals surface area (Å²) < 4.78 is 44.2. The molecule has 3 heterocycles. The molecule has 0 atom stereocenters. The standard InChI is InChI=1S/C19H20F3N7O3/c20-19(21,22)17-14(11-26-27-18(17)31)24-3-8-32-12-16(30)29-6-4-28(5-7-29)15-2-1-13(9-23)10-25-15/h1-2,10-11H,3-8,12H2,(H2,24,27,31).